The molecular formula is C15H22F3N3O. The van der Waals surface area contributed by atoms with Gasteiger partial charge in [-0.05, 0) is 39.2 Å². The molecule has 1 heterocycles. The highest BCUT2D eigenvalue weighted by molar-refractivity contribution is 5.83. The van der Waals surface area contributed by atoms with Gasteiger partial charge in [-0.1, -0.05) is 12.8 Å². The Morgan fingerprint density at radius 1 is 1.27 bits per heavy atom. The van der Waals surface area contributed by atoms with Gasteiger partial charge in [0.1, 0.15) is 5.41 Å². The summed E-state index contributed by atoms with van der Waals surface area (Å²) in [7, 11) is 0. The number of carbonyl (C=O) groups is 1. The third-order valence-electron chi connectivity index (χ3n) is 4.79. The zero-order chi connectivity index (χ0) is 16.5. The van der Waals surface area contributed by atoms with Crippen LogP contribution in [0.3, 0.4) is 0 Å². The first-order valence-electron chi connectivity index (χ1n) is 7.55. The normalized spacial score (nSPS) is 17.7. The van der Waals surface area contributed by atoms with Crippen molar-refractivity contribution < 1.29 is 18.0 Å². The first-order chi connectivity index (χ1) is 10.2. The molecule has 0 aliphatic heterocycles. The van der Waals surface area contributed by atoms with E-state index in [0.29, 0.717) is 19.4 Å². The Bertz CT molecular complexity index is 557. The van der Waals surface area contributed by atoms with Crippen LogP contribution in [0.15, 0.2) is 0 Å². The van der Waals surface area contributed by atoms with Crippen molar-refractivity contribution in [3.63, 3.8) is 0 Å². The highest BCUT2D eigenvalue weighted by Gasteiger charge is 2.60. The summed E-state index contributed by atoms with van der Waals surface area (Å²) in [6.45, 7) is 6.27. The highest BCUT2D eigenvalue weighted by atomic mass is 19.4. The molecule has 1 aromatic rings. The Balaban J connectivity index is 1.99. The highest BCUT2D eigenvalue weighted by Crippen LogP contribution is 2.50. The fourth-order valence-electron chi connectivity index (χ4n) is 3.07. The lowest BCUT2D eigenvalue weighted by Crippen LogP contribution is -2.49. The molecule has 22 heavy (non-hydrogen) atoms. The molecule has 0 spiro atoms. The van der Waals surface area contributed by atoms with Crippen molar-refractivity contribution in [2.45, 2.75) is 59.2 Å². The van der Waals surface area contributed by atoms with Gasteiger partial charge in [0.25, 0.3) is 0 Å². The number of alkyl halides is 3. The van der Waals surface area contributed by atoms with Gasteiger partial charge in [0.05, 0.1) is 12.2 Å². The third kappa shape index (κ3) is 2.85. The average molecular weight is 317 g/mol. The number of rotatable bonds is 4. The Morgan fingerprint density at radius 2 is 1.86 bits per heavy atom. The summed E-state index contributed by atoms with van der Waals surface area (Å²) < 4.78 is 41.5. The predicted octanol–water partition coefficient (Wildman–Crippen LogP) is 3.05. The number of amides is 1. The second kappa shape index (κ2) is 5.93. The standard InChI is InChI=1S/C15H22F3N3O/c1-10-11(2)20-21(12(10)3)9-8-19-13(22)14(15(16,17)18)6-4-5-7-14/h4-9H2,1-3H3,(H,19,22). The van der Waals surface area contributed by atoms with Crippen LogP contribution in [-0.4, -0.2) is 28.4 Å². The lowest BCUT2D eigenvalue weighted by atomic mass is 9.84. The minimum Gasteiger partial charge on any atom is -0.353 e. The molecule has 0 unspecified atom stereocenters. The smallest absolute Gasteiger partial charge is 0.353 e. The first kappa shape index (κ1) is 16.8. The average Bonchev–Trinajstić information content (AvgIpc) is 3.01. The summed E-state index contributed by atoms with van der Waals surface area (Å²) in [5.74, 6) is -0.893. The number of aromatic nitrogens is 2. The minimum absolute atomic E-state index is 0.110. The maximum atomic E-state index is 13.3. The molecule has 4 nitrogen and oxygen atoms in total. The molecule has 0 aromatic carbocycles. The van der Waals surface area contributed by atoms with Crippen LogP contribution in [0.1, 0.15) is 42.6 Å². The van der Waals surface area contributed by atoms with E-state index in [1.165, 1.54) is 0 Å². The molecule has 7 heteroatoms. The lowest BCUT2D eigenvalue weighted by Gasteiger charge is -2.30. The van der Waals surface area contributed by atoms with Crippen molar-refractivity contribution >= 4 is 5.91 Å². The number of carbonyl (C=O) groups excluding carboxylic acids is 1. The Morgan fingerprint density at radius 3 is 2.32 bits per heavy atom. The topological polar surface area (TPSA) is 46.9 Å². The van der Waals surface area contributed by atoms with Crippen molar-refractivity contribution in [2.75, 3.05) is 6.54 Å². The van der Waals surface area contributed by atoms with Gasteiger partial charge in [-0.15, -0.1) is 0 Å². The quantitative estimate of drug-likeness (QED) is 0.928. The largest absolute Gasteiger partial charge is 0.403 e. The third-order valence-corrected chi connectivity index (χ3v) is 4.79. The summed E-state index contributed by atoms with van der Waals surface area (Å²) in [4.78, 5) is 12.1. The van der Waals surface area contributed by atoms with Gasteiger partial charge >= 0.3 is 6.18 Å². The summed E-state index contributed by atoms with van der Waals surface area (Å²) >= 11 is 0. The maximum Gasteiger partial charge on any atom is 0.403 e. The SMILES string of the molecule is Cc1nn(CCNC(=O)C2(C(F)(F)F)CCCC2)c(C)c1C. The molecule has 0 bridgehead atoms. The Hall–Kier alpha value is -1.53. The van der Waals surface area contributed by atoms with Gasteiger partial charge in [0.2, 0.25) is 5.91 Å². The molecule has 124 valence electrons. The van der Waals surface area contributed by atoms with Crippen molar-refractivity contribution in [3.8, 4) is 0 Å². The van der Waals surface area contributed by atoms with E-state index in [9.17, 15) is 18.0 Å². The molecular weight excluding hydrogens is 295 g/mol. The van der Waals surface area contributed by atoms with E-state index in [2.05, 4.69) is 10.4 Å². The lowest BCUT2D eigenvalue weighted by molar-refractivity contribution is -0.220. The molecule has 1 aromatic heterocycles. The number of nitrogens with one attached hydrogen (secondary N) is 1. The Labute approximate surface area is 128 Å². The predicted molar refractivity (Wildman–Crippen MR) is 76.4 cm³/mol. The monoisotopic (exact) mass is 317 g/mol. The molecule has 1 aliphatic rings. The molecule has 1 amide bonds. The minimum atomic E-state index is -4.48. The summed E-state index contributed by atoms with van der Waals surface area (Å²) in [6, 6.07) is 0. The molecule has 1 aliphatic carbocycles. The van der Waals surface area contributed by atoms with Crippen LogP contribution in [0.25, 0.3) is 0 Å². The summed E-state index contributed by atoms with van der Waals surface area (Å²) in [5, 5.41) is 6.77. The van der Waals surface area contributed by atoms with E-state index >= 15 is 0 Å². The summed E-state index contributed by atoms with van der Waals surface area (Å²) in [6.07, 6.45) is -3.81. The van der Waals surface area contributed by atoms with Gasteiger partial charge in [0, 0.05) is 12.2 Å². The maximum absolute atomic E-state index is 13.3. The molecule has 1 saturated carbocycles. The van der Waals surface area contributed by atoms with Crippen LogP contribution < -0.4 is 5.32 Å². The van der Waals surface area contributed by atoms with Crippen LogP contribution in [-0.2, 0) is 11.3 Å². The van der Waals surface area contributed by atoms with E-state index < -0.39 is 17.5 Å². The van der Waals surface area contributed by atoms with Crippen LogP contribution >= 0.6 is 0 Å². The van der Waals surface area contributed by atoms with Gasteiger partial charge in [-0.25, -0.2) is 0 Å². The van der Waals surface area contributed by atoms with Crippen molar-refractivity contribution in [2.24, 2.45) is 5.41 Å². The van der Waals surface area contributed by atoms with Gasteiger partial charge in [0.15, 0.2) is 0 Å². The van der Waals surface area contributed by atoms with E-state index in [4.69, 9.17) is 0 Å². The van der Waals surface area contributed by atoms with Crippen molar-refractivity contribution in [3.05, 3.63) is 17.0 Å². The zero-order valence-corrected chi connectivity index (χ0v) is 13.2. The van der Waals surface area contributed by atoms with Crippen molar-refractivity contribution in [1.29, 1.82) is 0 Å². The number of hydrogen-bond donors (Lipinski definition) is 1. The summed E-state index contributed by atoms with van der Waals surface area (Å²) in [5.41, 5.74) is 0.733. The van der Waals surface area contributed by atoms with Crippen LogP contribution in [0.4, 0.5) is 13.2 Å². The van der Waals surface area contributed by atoms with Gasteiger partial charge < -0.3 is 5.32 Å². The molecule has 1 N–H and O–H groups in total. The molecule has 1 fully saturated rings. The Kier molecular flexibility index (Phi) is 4.54. The second-order valence-corrected chi connectivity index (χ2v) is 6.06. The van der Waals surface area contributed by atoms with Crippen LogP contribution in [0, 0.1) is 26.2 Å². The number of hydrogen-bond acceptors (Lipinski definition) is 2. The second-order valence-electron chi connectivity index (χ2n) is 6.06. The van der Waals surface area contributed by atoms with E-state index in [0.717, 1.165) is 17.0 Å². The molecule has 0 atom stereocenters. The number of nitrogens with zero attached hydrogens (tertiary/aromatic N) is 2. The van der Waals surface area contributed by atoms with Gasteiger partial charge in [-0.3, -0.25) is 9.48 Å². The molecule has 0 saturated heterocycles. The fraction of sp³-hybridized carbons (Fsp3) is 0.733. The molecule has 0 radical (unpaired) electrons. The number of aryl methyl sites for hydroxylation is 1. The molecule has 2 rings (SSSR count). The van der Waals surface area contributed by atoms with Crippen molar-refractivity contribution in [1.82, 2.24) is 15.1 Å². The number of halogens is 3. The van der Waals surface area contributed by atoms with Gasteiger partial charge in [-0.2, -0.15) is 18.3 Å². The first-order valence-corrected chi connectivity index (χ1v) is 7.55. The fourth-order valence-corrected chi connectivity index (χ4v) is 3.07. The van der Waals surface area contributed by atoms with E-state index in [1.54, 1.807) is 4.68 Å². The van der Waals surface area contributed by atoms with Crippen LogP contribution in [0.5, 0.6) is 0 Å². The van der Waals surface area contributed by atoms with Crippen LogP contribution in [0.2, 0.25) is 0 Å². The van der Waals surface area contributed by atoms with E-state index in [1.807, 2.05) is 20.8 Å². The zero-order valence-electron chi connectivity index (χ0n) is 13.2. The van der Waals surface area contributed by atoms with E-state index in [-0.39, 0.29) is 19.4 Å².